The molecule has 0 spiro atoms. The number of rotatable bonds is 8. The fourth-order valence-corrected chi connectivity index (χ4v) is 9.71. The van der Waals surface area contributed by atoms with Crippen molar-refractivity contribution in [2.75, 3.05) is 4.90 Å². The molecule has 1 aromatic heterocycles. The van der Waals surface area contributed by atoms with Crippen LogP contribution < -0.4 is 4.90 Å². The molecule has 11 aromatic carbocycles. The molecular weight excluding hydrogens is 773 g/mol. The van der Waals surface area contributed by atoms with Gasteiger partial charge in [-0.3, -0.25) is 0 Å². The molecule has 0 saturated carbocycles. The van der Waals surface area contributed by atoms with Gasteiger partial charge in [0.1, 0.15) is 0 Å². The summed E-state index contributed by atoms with van der Waals surface area (Å²) in [6.45, 7) is 0. The van der Waals surface area contributed by atoms with Crippen LogP contribution in [0.5, 0.6) is 0 Å². The van der Waals surface area contributed by atoms with Crippen LogP contribution in [0.1, 0.15) is 0 Å². The summed E-state index contributed by atoms with van der Waals surface area (Å²) in [6.07, 6.45) is 0. The summed E-state index contributed by atoms with van der Waals surface area (Å²) in [5.41, 5.74) is 16.3. The van der Waals surface area contributed by atoms with Crippen molar-refractivity contribution < 1.29 is 0 Å². The summed E-state index contributed by atoms with van der Waals surface area (Å²) < 4.78 is 2.43. The van der Waals surface area contributed by atoms with Crippen LogP contribution in [0.2, 0.25) is 0 Å². The van der Waals surface area contributed by atoms with Gasteiger partial charge in [-0.2, -0.15) is 0 Å². The number of anilines is 3. The Morgan fingerprint density at radius 1 is 0.266 bits per heavy atom. The Labute approximate surface area is 373 Å². The normalized spacial score (nSPS) is 11.4. The van der Waals surface area contributed by atoms with Crippen LogP contribution in [0.3, 0.4) is 0 Å². The van der Waals surface area contributed by atoms with Gasteiger partial charge in [-0.05, 0) is 116 Å². The third kappa shape index (κ3) is 6.52. The first-order valence-corrected chi connectivity index (χ1v) is 22.0. The maximum atomic E-state index is 2.46. The highest BCUT2D eigenvalue weighted by molar-refractivity contribution is 6.14. The Morgan fingerprint density at radius 3 is 1.53 bits per heavy atom. The van der Waals surface area contributed by atoms with Gasteiger partial charge >= 0.3 is 0 Å². The van der Waals surface area contributed by atoms with Crippen molar-refractivity contribution in [3.05, 3.63) is 255 Å². The molecule has 300 valence electrons. The Kier molecular flexibility index (Phi) is 9.20. The second-order valence-electron chi connectivity index (χ2n) is 16.5. The van der Waals surface area contributed by atoms with E-state index in [1.54, 1.807) is 0 Å². The number of para-hydroxylation sites is 1. The Hall–Kier alpha value is -8.46. The lowest BCUT2D eigenvalue weighted by atomic mass is 9.94. The topological polar surface area (TPSA) is 8.17 Å². The van der Waals surface area contributed by atoms with Crippen molar-refractivity contribution in [3.8, 4) is 50.2 Å². The monoisotopic (exact) mass is 814 g/mol. The number of benzene rings is 11. The predicted octanol–water partition coefficient (Wildman–Crippen LogP) is 17.2. The predicted molar refractivity (Wildman–Crippen MR) is 272 cm³/mol. The fourth-order valence-electron chi connectivity index (χ4n) is 9.71. The zero-order chi connectivity index (χ0) is 42.4. The van der Waals surface area contributed by atoms with Crippen LogP contribution in [-0.2, 0) is 0 Å². The molecule has 0 saturated heterocycles. The van der Waals surface area contributed by atoms with Crippen LogP contribution in [0.15, 0.2) is 255 Å². The third-order valence-corrected chi connectivity index (χ3v) is 12.8. The molecule has 0 unspecified atom stereocenters. The van der Waals surface area contributed by atoms with E-state index in [0.29, 0.717) is 0 Å². The van der Waals surface area contributed by atoms with E-state index < -0.39 is 0 Å². The standard InChI is InChI=1S/C62H42N2/c1-4-17-43(18-5-1)44-31-34-51(35-32-44)63(60-38-36-53(45-19-6-2-7-20-45)54-27-12-13-28-55(54)60)61-37-33-50(40-57(61)46-21-8-3-9-22-46)47-25-16-26-52(39-47)64-59-30-15-14-29-56(59)58-41-48-23-10-11-24-49(48)42-62(58)64/h1-42H. The molecule has 12 aromatic rings. The van der Waals surface area contributed by atoms with Gasteiger partial charge in [-0.25, -0.2) is 0 Å². The molecule has 2 nitrogen and oxygen atoms in total. The molecule has 1 heterocycles. The number of fused-ring (bicyclic) bond motifs is 5. The summed E-state index contributed by atoms with van der Waals surface area (Å²) in [4.78, 5) is 2.46. The molecule has 64 heavy (non-hydrogen) atoms. The van der Waals surface area contributed by atoms with Gasteiger partial charge in [0.2, 0.25) is 0 Å². The number of hydrogen-bond donors (Lipinski definition) is 0. The number of hydrogen-bond acceptors (Lipinski definition) is 1. The quantitative estimate of drug-likeness (QED) is 0.148. The second kappa shape index (κ2) is 15.8. The minimum atomic E-state index is 1.09. The maximum absolute atomic E-state index is 2.46. The van der Waals surface area contributed by atoms with Crippen LogP contribution in [-0.4, -0.2) is 4.57 Å². The molecule has 0 bridgehead atoms. The van der Waals surface area contributed by atoms with E-state index in [0.717, 1.165) is 45.0 Å². The molecule has 12 rings (SSSR count). The lowest BCUT2D eigenvalue weighted by Crippen LogP contribution is -2.12. The van der Waals surface area contributed by atoms with Crippen LogP contribution in [0.25, 0.3) is 93.5 Å². The molecule has 0 radical (unpaired) electrons. The van der Waals surface area contributed by atoms with Crippen LogP contribution in [0, 0.1) is 0 Å². The van der Waals surface area contributed by atoms with Gasteiger partial charge < -0.3 is 9.47 Å². The van der Waals surface area contributed by atoms with E-state index in [1.807, 2.05) is 0 Å². The van der Waals surface area contributed by atoms with E-state index in [-0.39, 0.29) is 0 Å². The van der Waals surface area contributed by atoms with Crippen molar-refractivity contribution in [2.24, 2.45) is 0 Å². The highest BCUT2D eigenvalue weighted by atomic mass is 15.1. The molecule has 0 aliphatic carbocycles. The second-order valence-corrected chi connectivity index (χ2v) is 16.5. The van der Waals surface area contributed by atoms with E-state index >= 15 is 0 Å². The van der Waals surface area contributed by atoms with Crippen molar-refractivity contribution in [3.63, 3.8) is 0 Å². The molecule has 0 fully saturated rings. The largest absolute Gasteiger partial charge is 0.309 e. The summed E-state index contributed by atoms with van der Waals surface area (Å²) in [6, 6.07) is 92.8. The summed E-state index contributed by atoms with van der Waals surface area (Å²) in [5, 5.41) is 7.40. The SMILES string of the molecule is c1ccc(-c2ccc(N(c3ccc(-c4cccc(-n5c6ccccc6c6cc7ccccc7cc65)c4)cc3-c3ccccc3)c3ccc(-c4ccccc4)c4ccccc34)cc2)cc1. The van der Waals surface area contributed by atoms with Gasteiger partial charge in [0.25, 0.3) is 0 Å². The van der Waals surface area contributed by atoms with Crippen molar-refractivity contribution in [2.45, 2.75) is 0 Å². The Balaban J connectivity index is 1.05. The first kappa shape index (κ1) is 37.3. The first-order valence-electron chi connectivity index (χ1n) is 22.0. The lowest BCUT2D eigenvalue weighted by Gasteiger charge is -2.30. The molecule has 0 aliphatic heterocycles. The van der Waals surface area contributed by atoms with Crippen molar-refractivity contribution in [1.29, 1.82) is 0 Å². The summed E-state index contributed by atoms with van der Waals surface area (Å²) >= 11 is 0. The first-order chi connectivity index (χ1) is 31.7. The summed E-state index contributed by atoms with van der Waals surface area (Å²) in [7, 11) is 0. The fraction of sp³-hybridized carbons (Fsp3) is 0. The average Bonchev–Trinajstić information content (AvgIpc) is 3.70. The molecule has 0 N–H and O–H groups in total. The molecular formula is C62H42N2. The zero-order valence-electron chi connectivity index (χ0n) is 35.1. The van der Waals surface area contributed by atoms with Gasteiger partial charge in [0.15, 0.2) is 0 Å². The van der Waals surface area contributed by atoms with Crippen molar-refractivity contribution in [1.82, 2.24) is 4.57 Å². The molecule has 0 aliphatic rings. The Bertz CT molecular complexity index is 3640. The third-order valence-electron chi connectivity index (χ3n) is 12.8. The van der Waals surface area contributed by atoms with Gasteiger partial charge in [-0.15, -0.1) is 0 Å². The molecule has 0 amide bonds. The minimum Gasteiger partial charge on any atom is -0.309 e. The minimum absolute atomic E-state index is 1.09. The van der Waals surface area contributed by atoms with Gasteiger partial charge in [0.05, 0.1) is 22.4 Å². The van der Waals surface area contributed by atoms with E-state index in [4.69, 9.17) is 0 Å². The van der Waals surface area contributed by atoms with E-state index in [2.05, 4.69) is 264 Å². The number of nitrogens with zero attached hydrogens (tertiary/aromatic N) is 2. The van der Waals surface area contributed by atoms with E-state index in [9.17, 15) is 0 Å². The molecule has 0 atom stereocenters. The zero-order valence-corrected chi connectivity index (χ0v) is 35.1. The van der Waals surface area contributed by atoms with Gasteiger partial charge in [0, 0.05) is 33.1 Å². The van der Waals surface area contributed by atoms with Crippen molar-refractivity contribution >= 4 is 60.4 Å². The van der Waals surface area contributed by atoms with E-state index in [1.165, 1.54) is 65.6 Å². The lowest BCUT2D eigenvalue weighted by molar-refractivity contribution is 1.18. The highest BCUT2D eigenvalue weighted by Crippen LogP contribution is 2.47. The molecule has 2 heteroatoms. The number of aromatic nitrogens is 1. The summed E-state index contributed by atoms with van der Waals surface area (Å²) in [5.74, 6) is 0. The smallest absolute Gasteiger partial charge is 0.0547 e. The highest BCUT2D eigenvalue weighted by Gasteiger charge is 2.22. The van der Waals surface area contributed by atoms with Gasteiger partial charge in [-0.1, -0.05) is 194 Å². The maximum Gasteiger partial charge on any atom is 0.0547 e. The average molecular weight is 815 g/mol. The van der Waals surface area contributed by atoms with Crippen LogP contribution >= 0.6 is 0 Å². The Morgan fingerprint density at radius 2 is 0.797 bits per heavy atom. The van der Waals surface area contributed by atoms with Crippen LogP contribution in [0.4, 0.5) is 17.1 Å².